The minimum atomic E-state index is -3.56. The van der Waals surface area contributed by atoms with Crippen molar-refractivity contribution in [3.05, 3.63) is 71.3 Å². The van der Waals surface area contributed by atoms with E-state index < -0.39 is 10.0 Å². The van der Waals surface area contributed by atoms with E-state index >= 15 is 0 Å². The maximum Gasteiger partial charge on any atom is 0.243 e. The van der Waals surface area contributed by atoms with Gasteiger partial charge in [0.2, 0.25) is 10.0 Å². The van der Waals surface area contributed by atoms with Gasteiger partial charge in [0.25, 0.3) is 0 Å². The van der Waals surface area contributed by atoms with Crippen LogP contribution in [0.1, 0.15) is 16.7 Å². The summed E-state index contributed by atoms with van der Waals surface area (Å²) in [6.45, 7) is 7.52. The maximum atomic E-state index is 13.6. The Bertz CT molecular complexity index is 1220. The molecule has 4 rings (SSSR count). The number of piperazine rings is 1. The average Bonchev–Trinajstić information content (AvgIpc) is 2.76. The molecule has 0 aliphatic carbocycles. The number of aryl methyl sites for hydroxylation is 3. The standard InChI is InChI=1S/C23H25FN4O2S/c1-16-11-18(3)22(12-17(16)2)31(29,30)28-9-7-27(8-10-28)23-14-21(25-15-26-23)19-5-4-6-20(24)13-19/h4-6,11-15H,7-10H2,1-3H3. The van der Waals surface area contributed by atoms with Crippen LogP contribution >= 0.6 is 0 Å². The van der Waals surface area contributed by atoms with Gasteiger partial charge in [0.05, 0.1) is 10.6 Å². The fourth-order valence-corrected chi connectivity index (χ4v) is 5.55. The van der Waals surface area contributed by atoms with Gasteiger partial charge in [-0.1, -0.05) is 18.2 Å². The Labute approximate surface area is 182 Å². The number of halogens is 1. The lowest BCUT2D eigenvalue weighted by Crippen LogP contribution is -2.49. The Hall–Kier alpha value is -2.84. The molecule has 1 aromatic heterocycles. The molecule has 3 aromatic rings. The molecule has 162 valence electrons. The molecule has 0 amide bonds. The molecular formula is C23H25FN4O2S. The third-order valence-corrected chi connectivity index (χ3v) is 7.79. The molecule has 1 saturated heterocycles. The van der Waals surface area contributed by atoms with Gasteiger partial charge < -0.3 is 4.90 Å². The lowest BCUT2D eigenvalue weighted by molar-refractivity contribution is 0.383. The third kappa shape index (κ3) is 4.31. The van der Waals surface area contributed by atoms with E-state index in [1.165, 1.54) is 22.8 Å². The molecule has 2 heterocycles. The zero-order chi connectivity index (χ0) is 22.2. The van der Waals surface area contributed by atoms with Crippen molar-refractivity contribution >= 4 is 15.8 Å². The molecular weight excluding hydrogens is 415 g/mol. The summed E-state index contributed by atoms with van der Waals surface area (Å²) in [5.41, 5.74) is 4.12. The van der Waals surface area contributed by atoms with E-state index in [0.717, 1.165) is 16.7 Å². The number of hydrogen-bond acceptors (Lipinski definition) is 5. The quantitative estimate of drug-likeness (QED) is 0.619. The summed E-state index contributed by atoms with van der Waals surface area (Å²) in [5.74, 6) is 0.381. The van der Waals surface area contributed by atoms with Crippen molar-refractivity contribution in [3.63, 3.8) is 0 Å². The molecule has 0 bridgehead atoms. The van der Waals surface area contributed by atoms with Gasteiger partial charge in [-0.05, 0) is 55.7 Å². The first-order valence-electron chi connectivity index (χ1n) is 10.2. The molecule has 0 N–H and O–H groups in total. The summed E-state index contributed by atoms with van der Waals surface area (Å²) in [4.78, 5) is 11.0. The molecule has 0 saturated carbocycles. The topological polar surface area (TPSA) is 66.4 Å². The van der Waals surface area contributed by atoms with Crippen LogP contribution in [0, 0.1) is 26.6 Å². The number of nitrogens with zero attached hydrogens (tertiary/aromatic N) is 4. The molecule has 1 fully saturated rings. The predicted molar refractivity (Wildman–Crippen MR) is 119 cm³/mol. The Balaban J connectivity index is 1.52. The third-order valence-electron chi connectivity index (χ3n) is 5.74. The van der Waals surface area contributed by atoms with Crippen LogP contribution in [0.5, 0.6) is 0 Å². The molecule has 0 spiro atoms. The second kappa shape index (κ2) is 8.36. The summed E-state index contributed by atoms with van der Waals surface area (Å²) in [6, 6.07) is 11.8. The SMILES string of the molecule is Cc1cc(C)c(S(=O)(=O)N2CCN(c3cc(-c4cccc(F)c4)ncn3)CC2)cc1C. The van der Waals surface area contributed by atoms with E-state index in [1.54, 1.807) is 18.2 Å². The normalized spacial score (nSPS) is 15.3. The number of benzene rings is 2. The largest absolute Gasteiger partial charge is 0.354 e. The van der Waals surface area contributed by atoms with E-state index in [2.05, 4.69) is 9.97 Å². The summed E-state index contributed by atoms with van der Waals surface area (Å²) in [5, 5.41) is 0. The fraction of sp³-hybridized carbons (Fsp3) is 0.304. The van der Waals surface area contributed by atoms with E-state index in [4.69, 9.17) is 0 Å². The molecule has 8 heteroatoms. The van der Waals surface area contributed by atoms with Crippen molar-refractivity contribution in [1.29, 1.82) is 0 Å². The van der Waals surface area contributed by atoms with Crippen LogP contribution < -0.4 is 4.90 Å². The lowest BCUT2D eigenvalue weighted by Gasteiger charge is -2.35. The smallest absolute Gasteiger partial charge is 0.243 e. The highest BCUT2D eigenvalue weighted by Gasteiger charge is 2.30. The maximum absolute atomic E-state index is 13.6. The van der Waals surface area contributed by atoms with Crippen LogP contribution in [-0.2, 0) is 10.0 Å². The molecule has 0 atom stereocenters. The van der Waals surface area contributed by atoms with Crippen molar-refractivity contribution in [2.45, 2.75) is 25.7 Å². The molecule has 0 unspecified atom stereocenters. The first-order valence-corrected chi connectivity index (χ1v) is 11.6. The molecule has 1 aliphatic heterocycles. The first-order chi connectivity index (χ1) is 14.8. The van der Waals surface area contributed by atoms with Gasteiger partial charge in [-0.25, -0.2) is 22.8 Å². The van der Waals surface area contributed by atoms with Crippen molar-refractivity contribution in [2.75, 3.05) is 31.1 Å². The molecule has 2 aromatic carbocycles. The first kappa shape index (κ1) is 21.4. The van der Waals surface area contributed by atoms with Crippen LogP contribution in [0.15, 0.2) is 53.7 Å². The van der Waals surface area contributed by atoms with Crippen molar-refractivity contribution < 1.29 is 12.8 Å². The molecule has 31 heavy (non-hydrogen) atoms. The second-order valence-corrected chi connectivity index (χ2v) is 9.77. The van der Waals surface area contributed by atoms with Crippen molar-refractivity contribution in [2.24, 2.45) is 0 Å². The summed E-state index contributed by atoms with van der Waals surface area (Å²) < 4.78 is 41.6. The Morgan fingerprint density at radius 3 is 2.29 bits per heavy atom. The van der Waals surface area contributed by atoms with Crippen LogP contribution in [0.25, 0.3) is 11.3 Å². The van der Waals surface area contributed by atoms with Crippen LogP contribution in [0.2, 0.25) is 0 Å². The highest BCUT2D eigenvalue weighted by molar-refractivity contribution is 7.89. The van der Waals surface area contributed by atoms with Gasteiger partial charge in [0, 0.05) is 37.8 Å². The number of rotatable bonds is 4. The Kier molecular flexibility index (Phi) is 5.77. The van der Waals surface area contributed by atoms with Crippen molar-refractivity contribution in [1.82, 2.24) is 14.3 Å². The number of sulfonamides is 1. The molecule has 0 radical (unpaired) electrons. The van der Waals surface area contributed by atoms with Gasteiger partial charge in [-0.3, -0.25) is 0 Å². The number of hydrogen-bond donors (Lipinski definition) is 0. The fourth-order valence-electron chi connectivity index (χ4n) is 3.83. The van der Waals surface area contributed by atoms with Gasteiger partial charge in [0.15, 0.2) is 0 Å². The van der Waals surface area contributed by atoms with Gasteiger partial charge in [-0.15, -0.1) is 0 Å². The van der Waals surface area contributed by atoms with E-state index in [0.29, 0.717) is 48.1 Å². The molecule has 6 nitrogen and oxygen atoms in total. The summed E-state index contributed by atoms with van der Waals surface area (Å²) in [6.07, 6.45) is 1.46. The highest BCUT2D eigenvalue weighted by Crippen LogP contribution is 2.26. The van der Waals surface area contributed by atoms with Gasteiger partial charge in [0.1, 0.15) is 18.0 Å². The lowest BCUT2D eigenvalue weighted by atomic mass is 10.1. The van der Waals surface area contributed by atoms with E-state index in [9.17, 15) is 12.8 Å². The van der Waals surface area contributed by atoms with Gasteiger partial charge in [-0.2, -0.15) is 4.31 Å². The zero-order valence-electron chi connectivity index (χ0n) is 17.8. The highest BCUT2D eigenvalue weighted by atomic mass is 32.2. The minimum Gasteiger partial charge on any atom is -0.354 e. The Morgan fingerprint density at radius 1 is 0.871 bits per heavy atom. The predicted octanol–water partition coefficient (Wildman–Crippen LogP) is 3.72. The van der Waals surface area contributed by atoms with E-state index in [1.807, 2.05) is 37.8 Å². The van der Waals surface area contributed by atoms with Crippen LogP contribution in [0.3, 0.4) is 0 Å². The number of anilines is 1. The number of aromatic nitrogens is 2. The summed E-state index contributed by atoms with van der Waals surface area (Å²) >= 11 is 0. The van der Waals surface area contributed by atoms with E-state index in [-0.39, 0.29) is 5.82 Å². The van der Waals surface area contributed by atoms with Crippen LogP contribution in [-0.4, -0.2) is 48.9 Å². The minimum absolute atomic E-state index is 0.321. The van der Waals surface area contributed by atoms with Gasteiger partial charge >= 0.3 is 0 Å². The Morgan fingerprint density at radius 2 is 1.58 bits per heavy atom. The second-order valence-electron chi connectivity index (χ2n) is 7.86. The average molecular weight is 441 g/mol. The van der Waals surface area contributed by atoms with Crippen molar-refractivity contribution in [3.8, 4) is 11.3 Å². The zero-order valence-corrected chi connectivity index (χ0v) is 18.7. The summed E-state index contributed by atoms with van der Waals surface area (Å²) in [7, 11) is -3.56. The van der Waals surface area contributed by atoms with Crippen LogP contribution in [0.4, 0.5) is 10.2 Å². The monoisotopic (exact) mass is 440 g/mol. The molecule has 1 aliphatic rings.